The highest BCUT2D eigenvalue weighted by atomic mass is 28.4. The average Bonchev–Trinajstić information content (AvgIpc) is 2.80. The SMILES string of the molecule is CC(=O)OC1c2ccc(O[Si](C)(C)C(C)(C)C)cc2CCC1(C)CC/C=C(\C)CC/C=C(\C)CCC=C(C)C. The Bertz CT molecular complexity index is 1070. The standard InChI is InChI=1S/C35H56O3Si/c1-26(2)15-12-16-27(3)17-13-18-28(4)19-14-23-35(9)24-22-30-25-31(38-39(10,11)34(6,7)8)20-21-32(30)33(35)37-29(5)36/h15,17,19-21,25,33H,12-14,16,18,22-24H2,1-11H3/b27-17+,28-19+. The van der Waals surface area contributed by atoms with Crippen LogP contribution in [-0.4, -0.2) is 14.3 Å². The van der Waals surface area contributed by atoms with Gasteiger partial charge in [0.2, 0.25) is 8.32 Å². The van der Waals surface area contributed by atoms with E-state index < -0.39 is 8.32 Å². The molecule has 1 aromatic carbocycles. The minimum absolute atomic E-state index is 0.0847. The summed E-state index contributed by atoms with van der Waals surface area (Å²) in [4.78, 5) is 12.2. The van der Waals surface area contributed by atoms with Crippen LogP contribution >= 0.6 is 0 Å². The van der Waals surface area contributed by atoms with Gasteiger partial charge in [0.05, 0.1) is 0 Å². The lowest BCUT2D eigenvalue weighted by Gasteiger charge is -2.42. The van der Waals surface area contributed by atoms with Crippen molar-refractivity contribution in [2.24, 2.45) is 5.41 Å². The lowest BCUT2D eigenvalue weighted by Crippen LogP contribution is -2.44. The van der Waals surface area contributed by atoms with Gasteiger partial charge in [-0.15, -0.1) is 0 Å². The summed E-state index contributed by atoms with van der Waals surface area (Å²) in [6, 6.07) is 6.43. The third-order valence-corrected chi connectivity index (χ3v) is 13.1. The number of aryl methyl sites for hydroxylation is 1. The quantitative estimate of drug-likeness (QED) is 0.147. The van der Waals surface area contributed by atoms with E-state index in [4.69, 9.17) is 9.16 Å². The Labute approximate surface area is 241 Å². The first kappa shape index (κ1) is 33.1. The van der Waals surface area contributed by atoms with E-state index in [2.05, 4.69) is 105 Å². The molecule has 4 heteroatoms. The molecule has 218 valence electrons. The van der Waals surface area contributed by atoms with Crippen molar-refractivity contribution >= 4 is 14.3 Å². The molecule has 0 N–H and O–H groups in total. The second-order valence-corrected chi connectivity index (χ2v) is 18.6. The molecule has 2 unspecified atom stereocenters. The van der Waals surface area contributed by atoms with Crippen molar-refractivity contribution < 1.29 is 14.0 Å². The average molecular weight is 553 g/mol. The minimum Gasteiger partial charge on any atom is -0.543 e. The molecule has 0 fully saturated rings. The van der Waals surface area contributed by atoms with Crippen molar-refractivity contribution in [3.63, 3.8) is 0 Å². The molecule has 3 nitrogen and oxygen atoms in total. The zero-order valence-electron chi connectivity index (χ0n) is 26.9. The van der Waals surface area contributed by atoms with E-state index in [9.17, 15) is 4.79 Å². The number of ether oxygens (including phenoxy) is 1. The monoisotopic (exact) mass is 552 g/mol. The molecule has 1 aliphatic carbocycles. The Hall–Kier alpha value is -2.07. The molecular formula is C35H56O3Si. The molecule has 0 spiro atoms. The minimum atomic E-state index is -1.92. The molecule has 0 saturated carbocycles. The van der Waals surface area contributed by atoms with Crippen molar-refractivity contribution in [1.82, 2.24) is 0 Å². The highest BCUT2D eigenvalue weighted by Gasteiger charge is 2.42. The number of hydrogen-bond acceptors (Lipinski definition) is 3. The Morgan fingerprint density at radius 3 is 2.13 bits per heavy atom. The first-order valence-corrected chi connectivity index (χ1v) is 17.9. The maximum Gasteiger partial charge on any atom is 0.303 e. The summed E-state index contributed by atoms with van der Waals surface area (Å²) in [5.41, 5.74) is 6.64. The molecule has 0 bridgehead atoms. The predicted molar refractivity (Wildman–Crippen MR) is 170 cm³/mol. The van der Waals surface area contributed by atoms with E-state index in [1.807, 2.05) is 0 Å². The lowest BCUT2D eigenvalue weighted by molar-refractivity contribution is -0.155. The summed E-state index contributed by atoms with van der Waals surface area (Å²) >= 11 is 0. The molecular weight excluding hydrogens is 496 g/mol. The lowest BCUT2D eigenvalue weighted by atomic mass is 9.68. The Balaban J connectivity index is 2.07. The molecule has 0 radical (unpaired) electrons. The van der Waals surface area contributed by atoms with Crippen LogP contribution < -0.4 is 4.43 Å². The molecule has 0 aromatic heterocycles. The third-order valence-electron chi connectivity index (χ3n) is 8.79. The van der Waals surface area contributed by atoms with Crippen LogP contribution in [0, 0.1) is 5.41 Å². The van der Waals surface area contributed by atoms with Crippen molar-refractivity contribution in [3.05, 3.63) is 64.3 Å². The van der Waals surface area contributed by atoms with Gasteiger partial charge in [0.1, 0.15) is 11.9 Å². The zero-order chi connectivity index (χ0) is 29.4. The molecule has 39 heavy (non-hydrogen) atoms. The number of carbonyl (C=O) groups is 1. The van der Waals surface area contributed by atoms with Gasteiger partial charge in [-0.1, -0.05) is 68.7 Å². The summed E-state index contributed by atoms with van der Waals surface area (Å²) < 4.78 is 12.6. The van der Waals surface area contributed by atoms with E-state index in [1.165, 1.54) is 29.2 Å². The van der Waals surface area contributed by atoms with Gasteiger partial charge in [-0.3, -0.25) is 4.79 Å². The van der Waals surface area contributed by atoms with Gasteiger partial charge in [-0.05, 0) is 120 Å². The molecule has 0 amide bonds. The van der Waals surface area contributed by atoms with Crippen LogP contribution in [0.3, 0.4) is 0 Å². The van der Waals surface area contributed by atoms with Gasteiger partial charge in [0, 0.05) is 12.3 Å². The van der Waals surface area contributed by atoms with Crippen LogP contribution in [0.15, 0.2) is 53.1 Å². The number of carbonyl (C=O) groups excluding carboxylic acids is 1. The molecule has 0 saturated heterocycles. The molecule has 1 aliphatic rings. The molecule has 0 heterocycles. The molecule has 0 aliphatic heterocycles. The topological polar surface area (TPSA) is 35.5 Å². The van der Waals surface area contributed by atoms with Crippen LogP contribution in [0.25, 0.3) is 0 Å². The second kappa shape index (κ2) is 14.0. The van der Waals surface area contributed by atoms with Crippen LogP contribution in [-0.2, 0) is 16.0 Å². The van der Waals surface area contributed by atoms with Crippen molar-refractivity contribution in [2.45, 2.75) is 138 Å². The smallest absolute Gasteiger partial charge is 0.303 e. The van der Waals surface area contributed by atoms with E-state index in [-0.39, 0.29) is 22.5 Å². The molecule has 2 rings (SSSR count). The van der Waals surface area contributed by atoms with Crippen molar-refractivity contribution in [3.8, 4) is 5.75 Å². The fourth-order valence-electron chi connectivity index (χ4n) is 5.11. The van der Waals surface area contributed by atoms with Crippen LogP contribution in [0.5, 0.6) is 5.75 Å². The number of benzene rings is 1. The second-order valence-electron chi connectivity index (χ2n) is 13.9. The van der Waals surface area contributed by atoms with Crippen molar-refractivity contribution in [1.29, 1.82) is 0 Å². The normalized spacial score (nSPS) is 20.3. The maximum atomic E-state index is 12.2. The number of rotatable bonds is 12. The number of allylic oxidation sites excluding steroid dienone is 6. The van der Waals surface area contributed by atoms with Crippen LogP contribution in [0.2, 0.25) is 18.1 Å². The summed E-state index contributed by atoms with van der Waals surface area (Å²) in [6.45, 7) is 24.0. The summed E-state index contributed by atoms with van der Waals surface area (Å²) in [5.74, 6) is 0.740. The number of fused-ring (bicyclic) bond motifs is 1. The Morgan fingerprint density at radius 1 is 0.974 bits per heavy atom. The van der Waals surface area contributed by atoms with E-state index in [0.717, 1.165) is 62.7 Å². The van der Waals surface area contributed by atoms with Crippen LogP contribution in [0.4, 0.5) is 0 Å². The van der Waals surface area contributed by atoms with Gasteiger partial charge >= 0.3 is 5.97 Å². The van der Waals surface area contributed by atoms with Gasteiger partial charge in [0.25, 0.3) is 0 Å². The fraction of sp³-hybridized carbons (Fsp3) is 0.629. The van der Waals surface area contributed by atoms with E-state index in [0.29, 0.717) is 0 Å². The highest BCUT2D eigenvalue weighted by molar-refractivity contribution is 6.74. The van der Waals surface area contributed by atoms with E-state index >= 15 is 0 Å². The van der Waals surface area contributed by atoms with Crippen LogP contribution in [0.1, 0.15) is 124 Å². The first-order valence-electron chi connectivity index (χ1n) is 15.0. The molecule has 2 atom stereocenters. The van der Waals surface area contributed by atoms with Gasteiger partial charge in [-0.25, -0.2) is 0 Å². The third kappa shape index (κ3) is 10.1. The highest BCUT2D eigenvalue weighted by Crippen LogP contribution is 2.50. The zero-order valence-corrected chi connectivity index (χ0v) is 27.9. The summed E-state index contributed by atoms with van der Waals surface area (Å²) in [5, 5.41) is 0.147. The van der Waals surface area contributed by atoms with Crippen molar-refractivity contribution in [2.75, 3.05) is 0 Å². The fourth-order valence-corrected chi connectivity index (χ4v) is 6.13. The molecule has 1 aromatic rings. The van der Waals surface area contributed by atoms with Gasteiger partial charge in [-0.2, -0.15) is 0 Å². The largest absolute Gasteiger partial charge is 0.543 e. The number of esters is 1. The summed E-state index contributed by atoms with van der Waals surface area (Å²) in [6.07, 6.45) is 15.4. The van der Waals surface area contributed by atoms with Gasteiger partial charge in [0.15, 0.2) is 0 Å². The van der Waals surface area contributed by atoms with E-state index in [1.54, 1.807) is 0 Å². The Kier molecular flexibility index (Phi) is 11.9. The first-order chi connectivity index (χ1) is 18.0. The maximum absolute atomic E-state index is 12.2. The van der Waals surface area contributed by atoms with Gasteiger partial charge < -0.3 is 9.16 Å². The Morgan fingerprint density at radius 2 is 1.56 bits per heavy atom. The summed E-state index contributed by atoms with van der Waals surface area (Å²) in [7, 11) is -1.92. The predicted octanol–water partition coefficient (Wildman–Crippen LogP) is 10.8. The number of hydrogen-bond donors (Lipinski definition) is 0.